The number of hydrogen-bond donors (Lipinski definition) is 0. The molecule has 3 atom stereocenters. The van der Waals surface area contributed by atoms with Crippen LogP contribution in [0.1, 0.15) is 22.1 Å². The van der Waals surface area contributed by atoms with E-state index in [0.29, 0.717) is 6.54 Å². The molecule has 4 aliphatic rings. The van der Waals surface area contributed by atoms with Gasteiger partial charge in [-0.15, -0.1) is 11.8 Å². The standard InChI is InChI=1S/C25H20BrNO3S/c26-17-7-9-21-16(12-17)13-20(25(29)30-21)23(28)27-10-11-31-24(27)19-8-6-15-5-4-14-2-1-3-18(19)22(14)15/h1-3,6-9,12-13,16,21,24H,4-5,10-11H2/t16-,21+,24+/m0/s1. The molecule has 0 saturated carbocycles. The molecule has 0 spiro atoms. The number of ether oxygens (including phenoxy) is 1. The Hall–Kier alpha value is -2.31. The van der Waals surface area contributed by atoms with Crippen LogP contribution in [0.25, 0.3) is 10.8 Å². The summed E-state index contributed by atoms with van der Waals surface area (Å²) < 4.78 is 6.50. The van der Waals surface area contributed by atoms with E-state index in [1.807, 2.05) is 23.1 Å². The van der Waals surface area contributed by atoms with Gasteiger partial charge in [-0.25, -0.2) is 4.79 Å². The molecule has 2 aromatic rings. The first-order chi connectivity index (χ1) is 15.1. The lowest BCUT2D eigenvalue weighted by molar-refractivity contribution is -0.147. The molecule has 1 amide bonds. The van der Waals surface area contributed by atoms with Crippen LogP contribution in [0.2, 0.25) is 0 Å². The highest BCUT2D eigenvalue weighted by atomic mass is 79.9. The van der Waals surface area contributed by atoms with Crippen molar-refractivity contribution >= 4 is 50.3 Å². The largest absolute Gasteiger partial charge is 0.453 e. The summed E-state index contributed by atoms with van der Waals surface area (Å²) in [5, 5.41) is 2.48. The molecule has 0 unspecified atom stereocenters. The predicted octanol–water partition coefficient (Wildman–Crippen LogP) is 4.83. The lowest BCUT2D eigenvalue weighted by Gasteiger charge is -2.31. The number of amides is 1. The summed E-state index contributed by atoms with van der Waals surface area (Å²) in [6.45, 7) is 0.620. The number of esters is 1. The van der Waals surface area contributed by atoms with Crippen LogP contribution in [0.3, 0.4) is 0 Å². The monoisotopic (exact) mass is 493 g/mol. The van der Waals surface area contributed by atoms with Crippen molar-refractivity contribution in [2.75, 3.05) is 12.3 Å². The number of nitrogens with zero attached hydrogens (tertiary/aromatic N) is 1. The van der Waals surface area contributed by atoms with Crippen LogP contribution in [-0.4, -0.2) is 35.2 Å². The van der Waals surface area contributed by atoms with Gasteiger partial charge in [0.15, 0.2) is 0 Å². The van der Waals surface area contributed by atoms with Gasteiger partial charge in [0.1, 0.15) is 17.1 Å². The topological polar surface area (TPSA) is 46.6 Å². The zero-order valence-corrected chi connectivity index (χ0v) is 19.1. The fourth-order valence-electron chi connectivity index (χ4n) is 5.09. The molecule has 1 fully saturated rings. The third-order valence-electron chi connectivity index (χ3n) is 6.56. The number of allylic oxidation sites excluding steroid dienone is 2. The van der Waals surface area contributed by atoms with Gasteiger partial charge in [-0.2, -0.15) is 0 Å². The average molecular weight is 494 g/mol. The molecule has 2 heterocycles. The normalized spacial score (nSPS) is 26.5. The molecule has 2 aliphatic carbocycles. The van der Waals surface area contributed by atoms with Crippen LogP contribution in [0.15, 0.2) is 64.7 Å². The smallest absolute Gasteiger partial charge is 0.344 e. The summed E-state index contributed by atoms with van der Waals surface area (Å²) in [6, 6.07) is 10.9. The maximum Gasteiger partial charge on any atom is 0.344 e. The van der Waals surface area contributed by atoms with Gasteiger partial charge in [-0.3, -0.25) is 4.79 Å². The first kappa shape index (κ1) is 19.4. The van der Waals surface area contributed by atoms with Crippen molar-refractivity contribution in [2.45, 2.75) is 24.3 Å². The van der Waals surface area contributed by atoms with Crippen molar-refractivity contribution in [2.24, 2.45) is 5.92 Å². The summed E-state index contributed by atoms with van der Waals surface area (Å²) >= 11 is 5.24. The number of hydrogen-bond acceptors (Lipinski definition) is 4. The second kappa shape index (κ2) is 7.38. The number of benzene rings is 2. The summed E-state index contributed by atoms with van der Waals surface area (Å²) in [6.07, 6.45) is 9.29. The van der Waals surface area contributed by atoms with E-state index < -0.39 is 5.97 Å². The summed E-state index contributed by atoms with van der Waals surface area (Å²) in [4.78, 5) is 28.0. The third kappa shape index (κ3) is 3.11. The number of carbonyl (C=O) groups excluding carboxylic acids is 2. The van der Waals surface area contributed by atoms with Crippen LogP contribution in [0, 0.1) is 5.92 Å². The fraction of sp³-hybridized carbons (Fsp3) is 0.280. The fourth-order valence-corrected chi connectivity index (χ4v) is 6.84. The third-order valence-corrected chi connectivity index (χ3v) is 8.33. The van der Waals surface area contributed by atoms with Crippen LogP contribution < -0.4 is 0 Å². The molecule has 6 heteroatoms. The van der Waals surface area contributed by atoms with Crippen molar-refractivity contribution in [3.63, 3.8) is 0 Å². The van der Waals surface area contributed by atoms with Crippen molar-refractivity contribution in [1.29, 1.82) is 0 Å². The molecule has 4 nitrogen and oxygen atoms in total. The molecule has 2 aromatic carbocycles. The van der Waals surface area contributed by atoms with Crippen LogP contribution >= 0.6 is 27.7 Å². The Morgan fingerprint density at radius 1 is 1.13 bits per heavy atom. The molecule has 0 N–H and O–H groups in total. The van der Waals surface area contributed by atoms with Gasteiger partial charge >= 0.3 is 5.97 Å². The minimum Gasteiger partial charge on any atom is -0.453 e. The van der Waals surface area contributed by atoms with E-state index >= 15 is 0 Å². The van der Waals surface area contributed by atoms with E-state index in [1.165, 1.54) is 21.9 Å². The Labute approximate surface area is 193 Å². The van der Waals surface area contributed by atoms with Gasteiger partial charge in [0.05, 0.1) is 0 Å². The molecule has 156 valence electrons. The van der Waals surface area contributed by atoms with Crippen molar-refractivity contribution in [3.05, 3.63) is 81.4 Å². The molecule has 0 radical (unpaired) electrons. The Kier molecular flexibility index (Phi) is 4.62. The summed E-state index contributed by atoms with van der Waals surface area (Å²) in [5.41, 5.74) is 4.08. The van der Waals surface area contributed by atoms with Crippen LogP contribution in [-0.2, 0) is 27.2 Å². The first-order valence-electron chi connectivity index (χ1n) is 10.5. The van der Waals surface area contributed by atoms with Gasteiger partial charge in [0.2, 0.25) is 0 Å². The minimum atomic E-state index is -0.529. The van der Waals surface area contributed by atoms with E-state index in [2.05, 4.69) is 46.3 Å². The molecule has 0 bridgehead atoms. The highest BCUT2D eigenvalue weighted by molar-refractivity contribution is 9.11. The second-order valence-electron chi connectivity index (χ2n) is 8.31. The van der Waals surface area contributed by atoms with Crippen molar-refractivity contribution in [3.8, 4) is 0 Å². The summed E-state index contributed by atoms with van der Waals surface area (Å²) in [5.74, 6) is -0.0391. The second-order valence-corrected chi connectivity index (χ2v) is 10.4. The highest BCUT2D eigenvalue weighted by Crippen LogP contribution is 2.44. The number of carbonyl (C=O) groups is 2. The van der Waals surface area contributed by atoms with Gasteiger partial charge in [-0.1, -0.05) is 58.4 Å². The lowest BCUT2D eigenvalue weighted by Crippen LogP contribution is -2.39. The Morgan fingerprint density at radius 3 is 2.84 bits per heavy atom. The molecular weight excluding hydrogens is 474 g/mol. The van der Waals surface area contributed by atoms with Crippen molar-refractivity contribution in [1.82, 2.24) is 4.90 Å². The first-order valence-corrected chi connectivity index (χ1v) is 12.4. The average Bonchev–Trinajstić information content (AvgIpc) is 3.42. The molecule has 6 rings (SSSR count). The van der Waals surface area contributed by atoms with E-state index in [1.54, 1.807) is 17.8 Å². The highest BCUT2D eigenvalue weighted by Gasteiger charge is 2.39. The van der Waals surface area contributed by atoms with E-state index in [4.69, 9.17) is 4.74 Å². The Bertz CT molecular complexity index is 1220. The van der Waals surface area contributed by atoms with E-state index in [9.17, 15) is 9.59 Å². The maximum absolute atomic E-state index is 13.5. The van der Waals surface area contributed by atoms with Gasteiger partial charge in [0, 0.05) is 22.7 Å². The molecule has 2 aliphatic heterocycles. The van der Waals surface area contributed by atoms with Crippen molar-refractivity contribution < 1.29 is 14.3 Å². The van der Waals surface area contributed by atoms with E-state index in [0.717, 1.165) is 28.6 Å². The van der Waals surface area contributed by atoms with Gasteiger partial charge in [0.25, 0.3) is 5.91 Å². The summed E-state index contributed by atoms with van der Waals surface area (Å²) in [7, 11) is 0. The lowest BCUT2D eigenvalue weighted by atomic mass is 9.92. The van der Waals surface area contributed by atoms with Gasteiger partial charge < -0.3 is 9.64 Å². The van der Waals surface area contributed by atoms with Gasteiger partial charge in [-0.05, 0) is 52.5 Å². The quantitative estimate of drug-likeness (QED) is 0.444. The molecular formula is C25H20BrNO3S. The van der Waals surface area contributed by atoms with Crippen LogP contribution in [0.4, 0.5) is 0 Å². The molecule has 1 saturated heterocycles. The van der Waals surface area contributed by atoms with E-state index in [-0.39, 0.29) is 28.9 Å². The Morgan fingerprint density at radius 2 is 1.97 bits per heavy atom. The number of aryl methyl sites for hydroxylation is 2. The predicted molar refractivity (Wildman–Crippen MR) is 126 cm³/mol. The number of rotatable bonds is 2. The van der Waals surface area contributed by atoms with Crippen LogP contribution in [0.5, 0.6) is 0 Å². The molecule has 31 heavy (non-hydrogen) atoms. The minimum absolute atomic E-state index is 0.0997. The zero-order valence-electron chi connectivity index (χ0n) is 16.7. The molecule has 0 aromatic heterocycles. The maximum atomic E-state index is 13.5. The SMILES string of the molecule is O=C1O[C@@H]2C=CC(Br)=C[C@H]2C=C1C(=O)N1CCS[C@@H]1c1ccc2c3c(cccc13)CC2. The Balaban J connectivity index is 1.37. The number of fused-ring (bicyclic) bond motifs is 1. The number of halogens is 1. The zero-order chi connectivity index (χ0) is 21.1. The number of thioether (sulfide) groups is 1.